The molecule has 0 unspecified atom stereocenters. The number of carbonyl (C=O) groups excluding carboxylic acids is 1. The number of piperidine rings is 1. The van der Waals surface area contributed by atoms with Gasteiger partial charge in [0.15, 0.2) is 6.61 Å². The maximum Gasteiger partial charge on any atom is 0.257 e. The third-order valence-electron chi connectivity index (χ3n) is 5.56. The molecule has 0 aromatic heterocycles. The van der Waals surface area contributed by atoms with Gasteiger partial charge in [0.1, 0.15) is 5.75 Å². The zero-order valence-corrected chi connectivity index (χ0v) is 15.6. The summed E-state index contributed by atoms with van der Waals surface area (Å²) < 4.78 is 5.80. The Hall–Kier alpha value is -1.55. The highest BCUT2D eigenvalue weighted by Crippen LogP contribution is 2.29. The third-order valence-corrected chi connectivity index (χ3v) is 5.56. The van der Waals surface area contributed by atoms with Crippen molar-refractivity contribution in [1.82, 2.24) is 10.2 Å². The number of nitrogens with zero attached hydrogens (tertiary/aromatic N) is 1. The number of hydrogen-bond acceptors (Lipinski definition) is 3. The van der Waals surface area contributed by atoms with E-state index in [0.717, 1.165) is 44.0 Å². The third kappa shape index (κ3) is 5.46. The van der Waals surface area contributed by atoms with Crippen LogP contribution in [0.5, 0.6) is 5.75 Å². The van der Waals surface area contributed by atoms with Gasteiger partial charge in [0.2, 0.25) is 0 Å². The molecule has 1 fully saturated rings. The molecule has 25 heavy (non-hydrogen) atoms. The molecular formula is C21H32N2O2. The number of nitrogens with one attached hydrogen (secondary N) is 1. The Labute approximate surface area is 151 Å². The van der Waals surface area contributed by atoms with Crippen LogP contribution in [0.1, 0.15) is 50.2 Å². The van der Waals surface area contributed by atoms with E-state index in [1.165, 1.54) is 49.9 Å². The van der Waals surface area contributed by atoms with E-state index in [1.807, 2.05) is 12.1 Å². The molecule has 2 aliphatic rings. The van der Waals surface area contributed by atoms with E-state index in [-0.39, 0.29) is 12.5 Å². The molecule has 138 valence electrons. The molecule has 0 saturated carbocycles. The molecule has 1 saturated heterocycles. The van der Waals surface area contributed by atoms with Gasteiger partial charge in [-0.15, -0.1) is 0 Å². The fourth-order valence-corrected chi connectivity index (χ4v) is 3.89. The molecule has 1 aliphatic carbocycles. The first-order chi connectivity index (χ1) is 12.2. The normalized spacial score (nSPS) is 18.6. The van der Waals surface area contributed by atoms with Crippen LogP contribution in [-0.2, 0) is 17.6 Å². The molecule has 0 atom stereocenters. The van der Waals surface area contributed by atoms with Crippen molar-refractivity contribution in [2.75, 3.05) is 32.8 Å². The Morgan fingerprint density at radius 1 is 1.24 bits per heavy atom. The van der Waals surface area contributed by atoms with Crippen LogP contribution in [-0.4, -0.2) is 43.6 Å². The van der Waals surface area contributed by atoms with Crippen molar-refractivity contribution in [2.24, 2.45) is 5.92 Å². The second-order valence-corrected chi connectivity index (χ2v) is 7.62. The Morgan fingerprint density at radius 3 is 2.88 bits per heavy atom. The summed E-state index contributed by atoms with van der Waals surface area (Å²) in [5.74, 6) is 1.76. The van der Waals surface area contributed by atoms with Crippen molar-refractivity contribution in [2.45, 2.75) is 51.9 Å². The van der Waals surface area contributed by atoms with Gasteiger partial charge in [-0.25, -0.2) is 0 Å². The van der Waals surface area contributed by atoms with E-state index in [4.69, 9.17) is 4.74 Å². The number of amides is 1. The first kappa shape index (κ1) is 18.2. The number of carbonyl (C=O) groups is 1. The van der Waals surface area contributed by atoms with Crippen LogP contribution < -0.4 is 10.1 Å². The van der Waals surface area contributed by atoms with Gasteiger partial charge in [0.05, 0.1) is 0 Å². The van der Waals surface area contributed by atoms with Crippen LogP contribution in [0.3, 0.4) is 0 Å². The number of ether oxygens (including phenoxy) is 1. The fourth-order valence-electron chi connectivity index (χ4n) is 3.89. The number of fused-ring (bicyclic) bond motifs is 1. The summed E-state index contributed by atoms with van der Waals surface area (Å²) in [6, 6.07) is 6.22. The first-order valence-corrected chi connectivity index (χ1v) is 9.95. The van der Waals surface area contributed by atoms with Crippen LogP contribution in [0, 0.1) is 5.92 Å². The molecule has 3 rings (SSSR count). The van der Waals surface area contributed by atoms with Crippen LogP contribution in [0.15, 0.2) is 18.2 Å². The summed E-state index contributed by atoms with van der Waals surface area (Å²) in [6.07, 6.45) is 8.31. The van der Waals surface area contributed by atoms with Crippen LogP contribution in [0.2, 0.25) is 0 Å². The number of hydrogen-bond donors (Lipinski definition) is 1. The Bertz CT molecular complexity index is 565. The Kier molecular flexibility index (Phi) is 6.74. The van der Waals surface area contributed by atoms with Gasteiger partial charge in [-0.1, -0.05) is 19.1 Å². The maximum atomic E-state index is 12.0. The maximum absolute atomic E-state index is 12.0. The van der Waals surface area contributed by atoms with Crippen molar-refractivity contribution >= 4 is 5.91 Å². The van der Waals surface area contributed by atoms with Gasteiger partial charge in [0, 0.05) is 6.54 Å². The summed E-state index contributed by atoms with van der Waals surface area (Å²) in [7, 11) is 0. The molecule has 1 aromatic rings. The van der Waals surface area contributed by atoms with Crippen molar-refractivity contribution in [3.63, 3.8) is 0 Å². The lowest BCUT2D eigenvalue weighted by Gasteiger charge is -2.30. The highest BCUT2D eigenvalue weighted by Gasteiger charge is 2.16. The second-order valence-electron chi connectivity index (χ2n) is 7.62. The molecule has 0 spiro atoms. The lowest BCUT2D eigenvalue weighted by molar-refractivity contribution is -0.123. The summed E-state index contributed by atoms with van der Waals surface area (Å²) in [5.41, 5.74) is 2.70. The molecule has 1 N–H and O–H groups in total. The molecule has 1 aliphatic heterocycles. The van der Waals surface area contributed by atoms with E-state index in [2.05, 4.69) is 23.2 Å². The topological polar surface area (TPSA) is 41.6 Å². The molecule has 1 amide bonds. The van der Waals surface area contributed by atoms with E-state index in [1.54, 1.807) is 0 Å². The fraction of sp³-hybridized carbons (Fsp3) is 0.667. The molecule has 0 radical (unpaired) electrons. The SMILES string of the molecule is CC1CCN(CCCNC(=O)COc2cccc3c2CCCC3)CC1. The Morgan fingerprint density at radius 2 is 2.04 bits per heavy atom. The van der Waals surface area contributed by atoms with Crippen molar-refractivity contribution in [3.05, 3.63) is 29.3 Å². The quantitative estimate of drug-likeness (QED) is 0.773. The molecule has 0 bridgehead atoms. The van der Waals surface area contributed by atoms with Gasteiger partial charge in [-0.2, -0.15) is 0 Å². The van der Waals surface area contributed by atoms with Crippen LogP contribution >= 0.6 is 0 Å². The highest BCUT2D eigenvalue weighted by molar-refractivity contribution is 5.77. The van der Waals surface area contributed by atoms with E-state index in [9.17, 15) is 4.79 Å². The van der Waals surface area contributed by atoms with Gasteiger partial charge in [-0.3, -0.25) is 4.79 Å². The average molecular weight is 344 g/mol. The largest absolute Gasteiger partial charge is 0.483 e. The van der Waals surface area contributed by atoms with E-state index in [0.29, 0.717) is 0 Å². The zero-order valence-electron chi connectivity index (χ0n) is 15.6. The van der Waals surface area contributed by atoms with Crippen LogP contribution in [0.4, 0.5) is 0 Å². The summed E-state index contributed by atoms with van der Waals surface area (Å²) in [4.78, 5) is 14.5. The molecular weight excluding hydrogens is 312 g/mol. The van der Waals surface area contributed by atoms with E-state index >= 15 is 0 Å². The number of benzene rings is 1. The highest BCUT2D eigenvalue weighted by atomic mass is 16.5. The number of rotatable bonds is 7. The van der Waals surface area contributed by atoms with Crippen LogP contribution in [0.25, 0.3) is 0 Å². The lowest BCUT2D eigenvalue weighted by Crippen LogP contribution is -2.36. The minimum atomic E-state index is -0.0133. The smallest absolute Gasteiger partial charge is 0.257 e. The monoisotopic (exact) mass is 344 g/mol. The number of aryl methyl sites for hydroxylation is 1. The molecule has 4 nitrogen and oxygen atoms in total. The predicted molar refractivity (Wildman–Crippen MR) is 101 cm³/mol. The van der Waals surface area contributed by atoms with E-state index < -0.39 is 0 Å². The van der Waals surface area contributed by atoms with Gasteiger partial charge in [0.25, 0.3) is 5.91 Å². The minimum Gasteiger partial charge on any atom is -0.483 e. The van der Waals surface area contributed by atoms with Gasteiger partial charge in [-0.05, 0) is 87.7 Å². The Balaban J connectivity index is 1.33. The first-order valence-electron chi connectivity index (χ1n) is 9.95. The summed E-state index contributed by atoms with van der Waals surface area (Å²) in [5, 5.41) is 2.99. The predicted octanol–water partition coefficient (Wildman–Crippen LogP) is 3.18. The second kappa shape index (κ2) is 9.23. The lowest BCUT2D eigenvalue weighted by atomic mass is 9.91. The molecule has 4 heteroatoms. The molecule has 1 aromatic carbocycles. The standard InChI is InChI=1S/C21H32N2O2/c1-17-10-14-23(15-11-17)13-5-12-22-21(24)16-25-20-9-4-7-18-6-2-3-8-19(18)20/h4,7,9,17H,2-3,5-6,8,10-16H2,1H3,(H,22,24). The number of likely N-dealkylation sites (tertiary alicyclic amines) is 1. The minimum absolute atomic E-state index is 0.0133. The summed E-state index contributed by atoms with van der Waals surface area (Å²) >= 11 is 0. The average Bonchev–Trinajstić information content (AvgIpc) is 2.65. The van der Waals surface area contributed by atoms with Crippen molar-refractivity contribution in [3.8, 4) is 5.75 Å². The van der Waals surface area contributed by atoms with Crippen molar-refractivity contribution < 1.29 is 9.53 Å². The van der Waals surface area contributed by atoms with Gasteiger partial charge < -0.3 is 15.0 Å². The van der Waals surface area contributed by atoms with Gasteiger partial charge >= 0.3 is 0 Å². The zero-order chi connectivity index (χ0) is 17.5. The molecule has 1 heterocycles. The summed E-state index contributed by atoms with van der Waals surface area (Å²) in [6.45, 7) is 6.69. The van der Waals surface area contributed by atoms with Crippen molar-refractivity contribution in [1.29, 1.82) is 0 Å².